The third-order valence-electron chi connectivity index (χ3n) is 2.05. The van der Waals surface area contributed by atoms with Crippen LogP contribution < -0.4 is 0 Å². The van der Waals surface area contributed by atoms with Gasteiger partial charge in [0.1, 0.15) is 5.93 Å². The largest absolute Gasteiger partial charge is 0.106 e. The maximum absolute atomic E-state index is 4.19. The molecule has 1 atom stereocenters. The lowest BCUT2D eigenvalue weighted by Gasteiger charge is -2.17. The fourth-order valence-electron chi connectivity index (χ4n) is 0.864. The molecule has 66 valence electrons. The molecule has 0 aromatic heterocycles. The third-order valence-corrected chi connectivity index (χ3v) is 35.9. The van der Waals surface area contributed by atoms with Crippen LogP contribution in [0.5, 0.6) is 0 Å². The summed E-state index contributed by atoms with van der Waals surface area (Å²) in [5.74, 6) is -0.713. The Morgan fingerprint density at radius 1 is 1.18 bits per heavy atom. The van der Waals surface area contributed by atoms with Crippen LogP contribution in [0.4, 0.5) is 0 Å². The Hall–Kier alpha value is 1.20. The second kappa shape index (κ2) is 4.44. The molecule has 0 saturated carbocycles. The predicted octanol–water partition coefficient (Wildman–Crippen LogP) is 4.21. The van der Waals surface area contributed by atoms with Gasteiger partial charge in [-0.15, -0.1) is 0 Å². The zero-order valence-corrected chi connectivity index (χ0v) is 11.8. The highest BCUT2D eigenvalue weighted by Crippen LogP contribution is 2.88. The summed E-state index contributed by atoms with van der Waals surface area (Å²) in [6.07, 6.45) is 8.38. The predicted molar refractivity (Wildman–Crippen MR) is 71.5 cm³/mol. The highest BCUT2D eigenvalue weighted by molar-refractivity contribution is 8.74. The van der Waals surface area contributed by atoms with E-state index in [9.17, 15) is 0 Å². The fourth-order valence-corrected chi connectivity index (χ4v) is 23.3. The lowest BCUT2D eigenvalue weighted by atomic mass is 11.9. The normalized spacial score (nSPS) is 16.2. The molecule has 0 aliphatic carbocycles. The van der Waals surface area contributed by atoms with Gasteiger partial charge in [0.15, 0.2) is 0 Å². The molecule has 0 nitrogen and oxygen atoms in total. The van der Waals surface area contributed by atoms with Crippen LogP contribution in [0.2, 0.25) is 0 Å². The first-order valence-electron chi connectivity index (χ1n) is 3.47. The monoisotopic (exact) mass is 227 g/mol. The van der Waals surface area contributed by atoms with E-state index in [1.165, 1.54) is 0 Å². The zero-order chi connectivity index (χ0) is 9.23. The van der Waals surface area contributed by atoms with E-state index in [4.69, 9.17) is 0 Å². The topological polar surface area (TPSA) is 0 Å². The molecule has 0 aromatic carbocycles. The van der Waals surface area contributed by atoms with Crippen LogP contribution in [0.1, 0.15) is 0 Å². The van der Waals surface area contributed by atoms with Gasteiger partial charge in [0.05, 0.1) is 20.5 Å². The van der Waals surface area contributed by atoms with Crippen LogP contribution in [0.3, 0.4) is 0 Å². The maximum atomic E-state index is 4.19. The quantitative estimate of drug-likeness (QED) is 0.620. The molecule has 4 heteroatoms. The van der Waals surface area contributed by atoms with Gasteiger partial charge in [-0.25, -0.2) is 0 Å². The molecule has 0 aliphatic heterocycles. The Kier molecular flexibility index (Phi) is 4.92. The molecule has 0 heterocycles. The number of hydrogen-bond donors (Lipinski definition) is 0. The van der Waals surface area contributed by atoms with E-state index >= 15 is 0 Å². The van der Waals surface area contributed by atoms with Crippen molar-refractivity contribution in [3.63, 3.8) is 0 Å². The van der Waals surface area contributed by atoms with Crippen molar-refractivity contribution in [2.24, 2.45) is 0 Å². The van der Waals surface area contributed by atoms with Crippen LogP contribution >= 0.6 is 27.6 Å². The summed E-state index contributed by atoms with van der Waals surface area (Å²) in [7, 11) is 0.438. The third kappa shape index (κ3) is 2.57. The van der Waals surface area contributed by atoms with Crippen molar-refractivity contribution >= 4 is 40.2 Å². The van der Waals surface area contributed by atoms with Crippen molar-refractivity contribution in [1.82, 2.24) is 0 Å². The van der Waals surface area contributed by atoms with E-state index in [2.05, 4.69) is 45.9 Å². The molecule has 0 saturated heterocycles. The Morgan fingerprint density at radius 3 is 1.55 bits per heavy atom. The fraction of sp³-hybridized carbons (Fsp3) is 0.714. The van der Waals surface area contributed by atoms with Gasteiger partial charge in [-0.2, -0.15) is 0 Å². The van der Waals surface area contributed by atoms with Crippen molar-refractivity contribution in [3.8, 4) is 0 Å². The van der Waals surface area contributed by atoms with Crippen LogP contribution in [0.15, 0.2) is 0 Å². The van der Waals surface area contributed by atoms with Gasteiger partial charge in [-0.3, -0.25) is 0 Å². The van der Waals surface area contributed by atoms with Crippen LogP contribution in [-0.4, -0.2) is 45.9 Å². The molecule has 0 aliphatic rings. The first-order chi connectivity index (χ1) is 4.83. The zero-order valence-electron chi connectivity index (χ0n) is 8.20. The van der Waals surface area contributed by atoms with Gasteiger partial charge in [-0.1, -0.05) is 19.5 Å². The van der Waals surface area contributed by atoms with Crippen molar-refractivity contribution in [2.45, 2.75) is 0 Å². The van der Waals surface area contributed by atoms with E-state index in [0.717, 1.165) is 0 Å². The Labute approximate surface area is 73.9 Å². The average molecular weight is 227 g/mol. The summed E-state index contributed by atoms with van der Waals surface area (Å²) in [5.41, 5.74) is 0. The van der Waals surface area contributed by atoms with Gasteiger partial charge < -0.3 is 0 Å². The maximum Gasteiger partial charge on any atom is 0.106 e. The molecule has 0 rings (SSSR count). The minimum atomic E-state index is -0.713. The van der Waals surface area contributed by atoms with Crippen LogP contribution in [0.25, 0.3) is 0 Å². The van der Waals surface area contributed by atoms with Gasteiger partial charge >= 0.3 is 0 Å². The van der Waals surface area contributed by atoms with E-state index in [1.807, 2.05) is 0 Å². The standard InChI is InChI=1S/C7H19P4/c1-8(2)11(7,9(3)4)10(5)6/h1-2H2,3-7H3/q+1. The van der Waals surface area contributed by atoms with Crippen molar-refractivity contribution < 1.29 is 0 Å². The molecule has 0 N–H and O–H groups in total. The first kappa shape index (κ1) is 12.2. The number of hydrogen-bond acceptors (Lipinski definition) is 0. The van der Waals surface area contributed by atoms with E-state index in [0.29, 0.717) is 0 Å². The molecule has 0 bridgehead atoms. The Morgan fingerprint density at radius 2 is 1.55 bits per heavy atom. The minimum Gasteiger partial charge on any atom is -0.0721 e. The summed E-state index contributed by atoms with van der Waals surface area (Å²) in [6.45, 7) is 11.9. The second-order valence-corrected chi connectivity index (χ2v) is 25.7. The average Bonchev–Trinajstić information content (AvgIpc) is 1.84. The molecule has 11 heavy (non-hydrogen) atoms. The van der Waals surface area contributed by atoms with Gasteiger partial charge in [-0.05, 0) is 20.9 Å². The summed E-state index contributed by atoms with van der Waals surface area (Å²) < 4.78 is 0. The van der Waals surface area contributed by atoms with E-state index < -0.39 is 5.93 Å². The molecule has 0 radical (unpaired) electrons. The van der Waals surface area contributed by atoms with Gasteiger partial charge in [0.25, 0.3) is 0 Å². The molecule has 0 spiro atoms. The highest BCUT2D eigenvalue weighted by Gasteiger charge is 2.23. The summed E-state index contributed by atoms with van der Waals surface area (Å²) >= 11 is 0. The summed E-state index contributed by atoms with van der Waals surface area (Å²) in [6, 6.07) is 0. The first-order valence-corrected chi connectivity index (χ1v) is 14.0. The minimum absolute atomic E-state index is 0.156. The molecule has 1 unspecified atom stereocenters. The van der Waals surface area contributed by atoms with Crippen molar-refractivity contribution in [1.29, 1.82) is 0 Å². The molecule has 0 amide bonds. The smallest absolute Gasteiger partial charge is 0.0721 e. The van der Waals surface area contributed by atoms with Crippen LogP contribution in [0, 0.1) is 0 Å². The van der Waals surface area contributed by atoms with Crippen LogP contribution in [-0.2, 0) is 0 Å². The van der Waals surface area contributed by atoms with E-state index in [-0.39, 0.29) is 21.7 Å². The SMILES string of the molecule is C=P(=C)P(C)(P(C)C)=[P+](C)C. The molecule has 0 aromatic rings. The highest BCUT2D eigenvalue weighted by atomic mass is 32.6. The number of rotatable bonds is 2. The van der Waals surface area contributed by atoms with E-state index in [1.54, 1.807) is 0 Å². The van der Waals surface area contributed by atoms with Gasteiger partial charge in [0, 0.05) is 6.66 Å². The van der Waals surface area contributed by atoms with Gasteiger partial charge in [0.2, 0.25) is 0 Å². The lowest BCUT2D eigenvalue weighted by Crippen LogP contribution is -1.67. The second-order valence-electron chi connectivity index (χ2n) is 3.07. The van der Waals surface area contributed by atoms with Crippen molar-refractivity contribution in [2.75, 3.05) is 33.3 Å². The molecule has 0 fully saturated rings. The Bertz CT molecular complexity index is 246. The summed E-state index contributed by atoms with van der Waals surface area (Å²) in [4.78, 5) is 0. The molecular formula is C7H19P4+. The Balaban J connectivity index is 5.38. The summed E-state index contributed by atoms with van der Waals surface area (Å²) in [5, 5.41) is 0. The van der Waals surface area contributed by atoms with Crippen molar-refractivity contribution in [3.05, 3.63) is 0 Å². The molecular weight excluding hydrogens is 208 g/mol. The lowest BCUT2D eigenvalue weighted by molar-refractivity contribution is 2.26.